The molecule has 0 radical (unpaired) electrons. The lowest BCUT2D eigenvalue weighted by atomic mass is 10.1. The number of nitrogens with one attached hydrogen (secondary N) is 2. The molecule has 1 aliphatic heterocycles. The Morgan fingerprint density at radius 2 is 1.58 bits per heavy atom. The molecule has 2 aromatic rings. The maximum Gasteiger partial charge on any atom is 0.264 e. The van der Waals surface area contributed by atoms with E-state index in [2.05, 4.69) is 10.6 Å². The first-order chi connectivity index (χ1) is 12.3. The molecule has 0 saturated carbocycles. The molecule has 1 aliphatic rings. The Morgan fingerprint density at radius 3 is 2.19 bits per heavy atom. The third-order valence-corrected chi connectivity index (χ3v) is 6.11. The number of benzene rings is 2. The van der Waals surface area contributed by atoms with Gasteiger partial charge in [0.05, 0.1) is 22.0 Å². The fraction of sp³-hybridized carbons (Fsp3) is 0.222. The van der Waals surface area contributed by atoms with E-state index in [0.717, 1.165) is 0 Å². The fourth-order valence-electron chi connectivity index (χ4n) is 2.71. The van der Waals surface area contributed by atoms with Gasteiger partial charge in [0, 0.05) is 6.54 Å². The second-order valence-electron chi connectivity index (χ2n) is 5.91. The third-order valence-electron chi connectivity index (χ3n) is 4.21. The van der Waals surface area contributed by atoms with Crippen LogP contribution >= 0.6 is 0 Å². The van der Waals surface area contributed by atoms with Crippen molar-refractivity contribution in [3.05, 3.63) is 48.5 Å². The van der Waals surface area contributed by atoms with Crippen LogP contribution in [0.5, 0.6) is 0 Å². The Labute approximate surface area is 152 Å². The second kappa shape index (κ2) is 6.80. The van der Waals surface area contributed by atoms with Crippen LogP contribution in [0.2, 0.25) is 0 Å². The Kier molecular flexibility index (Phi) is 4.69. The van der Waals surface area contributed by atoms with Crippen molar-refractivity contribution in [2.75, 3.05) is 21.5 Å². The second-order valence-corrected chi connectivity index (χ2v) is 7.78. The molecule has 26 heavy (non-hydrogen) atoms. The molecular weight excluding hydrogens is 354 g/mol. The average Bonchev–Trinajstić information content (AvgIpc) is 2.73. The summed E-state index contributed by atoms with van der Waals surface area (Å²) in [7, 11) is -3.82. The fourth-order valence-corrected chi connectivity index (χ4v) is 4.21. The van der Waals surface area contributed by atoms with E-state index in [-0.39, 0.29) is 17.1 Å². The van der Waals surface area contributed by atoms with Crippen molar-refractivity contribution in [1.82, 2.24) is 0 Å². The molecule has 0 aliphatic carbocycles. The number of anilines is 3. The van der Waals surface area contributed by atoms with Crippen molar-refractivity contribution in [3.8, 4) is 0 Å². The summed E-state index contributed by atoms with van der Waals surface area (Å²) in [5, 5.41) is 5.23. The summed E-state index contributed by atoms with van der Waals surface area (Å²) in [6.45, 7) is 3.49. The average molecular weight is 373 g/mol. The Balaban J connectivity index is 2.03. The summed E-state index contributed by atoms with van der Waals surface area (Å²) in [5.41, 5.74) is 1.18. The monoisotopic (exact) mass is 373 g/mol. The summed E-state index contributed by atoms with van der Waals surface area (Å²) in [6.07, 6.45) is 0. The van der Waals surface area contributed by atoms with Crippen molar-refractivity contribution in [3.63, 3.8) is 0 Å². The van der Waals surface area contributed by atoms with E-state index in [9.17, 15) is 18.0 Å². The lowest BCUT2D eigenvalue weighted by molar-refractivity contribution is -0.128. The van der Waals surface area contributed by atoms with Crippen LogP contribution in [0.3, 0.4) is 0 Å². The van der Waals surface area contributed by atoms with Gasteiger partial charge in [0.2, 0.25) is 11.8 Å². The van der Waals surface area contributed by atoms with Crippen molar-refractivity contribution in [2.24, 2.45) is 5.92 Å². The van der Waals surface area contributed by atoms with Crippen LogP contribution < -0.4 is 14.9 Å². The first-order valence-electron chi connectivity index (χ1n) is 8.18. The van der Waals surface area contributed by atoms with Crippen molar-refractivity contribution >= 4 is 38.9 Å². The zero-order chi connectivity index (χ0) is 18.9. The van der Waals surface area contributed by atoms with Crippen LogP contribution in [0.15, 0.2) is 53.4 Å². The number of carbonyl (C=O) groups excluding carboxylic acids is 2. The van der Waals surface area contributed by atoms with Gasteiger partial charge in [0.1, 0.15) is 5.92 Å². The minimum atomic E-state index is -3.82. The normalized spacial score (nSPS) is 16.9. The lowest BCUT2D eigenvalue weighted by Crippen LogP contribution is -2.30. The molecule has 0 spiro atoms. The van der Waals surface area contributed by atoms with Gasteiger partial charge in [-0.3, -0.25) is 13.9 Å². The number of para-hydroxylation sites is 1. The summed E-state index contributed by atoms with van der Waals surface area (Å²) in [6, 6.07) is 13.0. The van der Waals surface area contributed by atoms with E-state index in [1.165, 1.54) is 29.4 Å². The topological polar surface area (TPSA) is 95.6 Å². The van der Waals surface area contributed by atoms with E-state index < -0.39 is 27.8 Å². The van der Waals surface area contributed by atoms with Gasteiger partial charge in [-0.2, -0.15) is 0 Å². The van der Waals surface area contributed by atoms with Crippen molar-refractivity contribution in [2.45, 2.75) is 18.7 Å². The van der Waals surface area contributed by atoms with Crippen LogP contribution in [0.4, 0.5) is 17.1 Å². The van der Waals surface area contributed by atoms with Gasteiger partial charge in [-0.05, 0) is 44.2 Å². The maximum atomic E-state index is 13.1. The Hall–Kier alpha value is -2.87. The van der Waals surface area contributed by atoms with Gasteiger partial charge in [0.25, 0.3) is 10.0 Å². The van der Waals surface area contributed by atoms with Crippen molar-refractivity contribution < 1.29 is 18.0 Å². The zero-order valence-corrected chi connectivity index (χ0v) is 15.2. The molecule has 8 heteroatoms. The molecule has 2 N–H and O–H groups in total. The zero-order valence-electron chi connectivity index (χ0n) is 14.4. The van der Waals surface area contributed by atoms with Gasteiger partial charge >= 0.3 is 0 Å². The lowest BCUT2D eigenvalue weighted by Gasteiger charge is -2.23. The highest BCUT2D eigenvalue weighted by Crippen LogP contribution is 2.31. The summed E-state index contributed by atoms with van der Waals surface area (Å²) < 4.78 is 27.4. The molecule has 3 rings (SSSR count). The van der Waals surface area contributed by atoms with E-state index in [1.807, 2.05) is 6.07 Å². The minimum absolute atomic E-state index is 0.0334. The summed E-state index contributed by atoms with van der Waals surface area (Å²) in [5.74, 6) is -1.78. The van der Waals surface area contributed by atoms with Crippen LogP contribution in [0, 0.1) is 5.92 Å². The molecule has 0 aromatic heterocycles. The number of rotatable bonds is 4. The molecule has 7 nitrogen and oxygen atoms in total. The van der Waals surface area contributed by atoms with E-state index in [0.29, 0.717) is 11.4 Å². The van der Waals surface area contributed by atoms with E-state index in [4.69, 9.17) is 0 Å². The number of fused-ring (bicyclic) bond motifs is 1. The molecule has 0 bridgehead atoms. The molecular formula is C18H19N3O4S. The standard InChI is InChI=1S/C18H19N3O4S/c1-3-21(13-7-5-4-6-8-13)26(24,25)14-9-10-15-16(11-14)20-18(23)12(2)17(22)19-15/h4-12H,3H2,1-2H3,(H,19,22)(H,20,23). The molecule has 2 amide bonds. The quantitative estimate of drug-likeness (QED) is 0.805. The molecule has 1 atom stereocenters. The minimum Gasteiger partial charge on any atom is -0.324 e. The SMILES string of the molecule is CCN(c1ccccc1)S(=O)(=O)c1ccc2c(c1)NC(=O)C(C)C(=O)N2. The molecule has 2 aromatic carbocycles. The highest BCUT2D eigenvalue weighted by molar-refractivity contribution is 7.92. The van der Waals surface area contributed by atoms with Crippen molar-refractivity contribution in [1.29, 1.82) is 0 Å². The number of nitrogens with zero attached hydrogens (tertiary/aromatic N) is 1. The predicted molar refractivity (Wildman–Crippen MR) is 99.5 cm³/mol. The first-order valence-corrected chi connectivity index (χ1v) is 9.62. The van der Waals surface area contributed by atoms with Gasteiger partial charge in [-0.1, -0.05) is 18.2 Å². The van der Waals surface area contributed by atoms with Crippen LogP contribution in [0.1, 0.15) is 13.8 Å². The van der Waals surface area contributed by atoms with Gasteiger partial charge in [-0.15, -0.1) is 0 Å². The van der Waals surface area contributed by atoms with Crippen LogP contribution in [-0.4, -0.2) is 26.8 Å². The molecule has 1 heterocycles. The predicted octanol–water partition coefficient (Wildman–Crippen LogP) is 2.43. The van der Waals surface area contributed by atoms with Crippen LogP contribution in [-0.2, 0) is 19.6 Å². The number of hydrogen-bond acceptors (Lipinski definition) is 4. The number of hydrogen-bond donors (Lipinski definition) is 2. The maximum absolute atomic E-state index is 13.1. The van der Waals surface area contributed by atoms with Crippen LogP contribution in [0.25, 0.3) is 0 Å². The molecule has 0 saturated heterocycles. The highest BCUT2D eigenvalue weighted by atomic mass is 32.2. The molecule has 136 valence electrons. The van der Waals surface area contributed by atoms with Gasteiger partial charge in [-0.25, -0.2) is 8.42 Å². The number of amides is 2. The largest absolute Gasteiger partial charge is 0.324 e. The molecule has 0 fully saturated rings. The van der Waals surface area contributed by atoms with Gasteiger partial charge < -0.3 is 10.6 Å². The van der Waals surface area contributed by atoms with E-state index in [1.54, 1.807) is 31.2 Å². The third kappa shape index (κ3) is 3.15. The van der Waals surface area contributed by atoms with Gasteiger partial charge in [0.15, 0.2) is 0 Å². The number of carbonyl (C=O) groups is 2. The summed E-state index contributed by atoms with van der Waals surface area (Å²) >= 11 is 0. The first kappa shape index (κ1) is 17.9. The summed E-state index contributed by atoms with van der Waals surface area (Å²) in [4.78, 5) is 24.0. The molecule has 1 unspecified atom stereocenters. The van der Waals surface area contributed by atoms with E-state index >= 15 is 0 Å². The highest BCUT2D eigenvalue weighted by Gasteiger charge is 2.29. The number of sulfonamides is 1. The smallest absolute Gasteiger partial charge is 0.264 e. The Morgan fingerprint density at radius 1 is 0.962 bits per heavy atom. The Bertz CT molecular complexity index is 958.